The molecule has 4 aliphatic rings. The third kappa shape index (κ3) is 1.60. The Bertz CT molecular complexity index is 416. The number of hydrogen-bond acceptors (Lipinski definition) is 2. The van der Waals surface area contributed by atoms with E-state index in [4.69, 9.17) is 4.74 Å². The number of allylic oxidation sites excluding steroid dienone is 3. The summed E-state index contributed by atoms with van der Waals surface area (Å²) in [5, 5.41) is 0. The summed E-state index contributed by atoms with van der Waals surface area (Å²) < 4.78 is 5.14. The van der Waals surface area contributed by atoms with Crippen molar-refractivity contribution in [2.75, 3.05) is 6.61 Å². The van der Waals surface area contributed by atoms with Crippen LogP contribution < -0.4 is 0 Å². The van der Waals surface area contributed by atoms with Gasteiger partial charge in [-0.1, -0.05) is 50.1 Å². The normalized spacial score (nSPS) is 45.9. The van der Waals surface area contributed by atoms with Crippen LogP contribution >= 0.6 is 31.9 Å². The standard InChI is InChI=1S/C13H14Br2O2/c1-2-17-13(16)8-5-6-3-4-7(8)10-9(6)11(14)12(10)15/h3-7,9-12H,2H2,1H3/t6-,7-,9+,10+,11-,12+/m0/s1. The molecule has 1 fully saturated rings. The highest BCUT2D eigenvalue weighted by Gasteiger charge is 2.58. The second-order valence-electron chi connectivity index (χ2n) is 4.87. The lowest BCUT2D eigenvalue weighted by Gasteiger charge is -2.57. The van der Waals surface area contributed by atoms with Crippen LogP contribution in [0.3, 0.4) is 0 Å². The highest BCUT2D eigenvalue weighted by atomic mass is 79.9. The first-order valence-electron chi connectivity index (χ1n) is 6.00. The van der Waals surface area contributed by atoms with Crippen molar-refractivity contribution in [1.82, 2.24) is 0 Å². The van der Waals surface area contributed by atoms with Gasteiger partial charge in [-0.25, -0.2) is 4.79 Å². The van der Waals surface area contributed by atoms with E-state index in [0.29, 0.717) is 34.0 Å². The van der Waals surface area contributed by atoms with Crippen LogP contribution in [0.15, 0.2) is 23.8 Å². The van der Waals surface area contributed by atoms with E-state index < -0.39 is 0 Å². The van der Waals surface area contributed by atoms with Crippen molar-refractivity contribution in [3.8, 4) is 0 Å². The quantitative estimate of drug-likeness (QED) is 0.429. The molecule has 2 nitrogen and oxygen atoms in total. The van der Waals surface area contributed by atoms with Crippen LogP contribution in [0.1, 0.15) is 6.92 Å². The summed E-state index contributed by atoms with van der Waals surface area (Å²) >= 11 is 7.46. The number of hydrogen-bond donors (Lipinski definition) is 0. The maximum Gasteiger partial charge on any atom is 0.334 e. The predicted molar refractivity (Wildman–Crippen MR) is 73.2 cm³/mol. The first-order chi connectivity index (χ1) is 8.15. The Morgan fingerprint density at radius 1 is 1.29 bits per heavy atom. The van der Waals surface area contributed by atoms with Gasteiger partial charge in [0.05, 0.1) is 6.61 Å². The third-order valence-electron chi connectivity index (χ3n) is 4.13. The molecular formula is C13H14Br2O2. The lowest BCUT2D eigenvalue weighted by atomic mass is 9.53. The van der Waals surface area contributed by atoms with Crippen LogP contribution in [0.25, 0.3) is 0 Å². The molecule has 6 atom stereocenters. The molecule has 0 saturated heterocycles. The number of rotatable bonds is 2. The van der Waals surface area contributed by atoms with Crippen molar-refractivity contribution in [3.63, 3.8) is 0 Å². The fraction of sp³-hybridized carbons (Fsp3) is 0.615. The molecule has 17 heavy (non-hydrogen) atoms. The minimum Gasteiger partial charge on any atom is -0.463 e. The van der Waals surface area contributed by atoms with Gasteiger partial charge >= 0.3 is 5.97 Å². The average molecular weight is 362 g/mol. The molecule has 92 valence electrons. The maximum atomic E-state index is 11.9. The first kappa shape index (κ1) is 12.0. The Hall–Kier alpha value is -0.0900. The van der Waals surface area contributed by atoms with Gasteiger partial charge < -0.3 is 4.74 Å². The molecule has 2 bridgehead atoms. The molecule has 0 unspecified atom stereocenters. The Morgan fingerprint density at radius 2 is 2.00 bits per heavy atom. The van der Waals surface area contributed by atoms with Crippen molar-refractivity contribution >= 4 is 37.8 Å². The van der Waals surface area contributed by atoms with Gasteiger partial charge in [0, 0.05) is 21.1 Å². The minimum atomic E-state index is -0.136. The lowest BCUT2D eigenvalue weighted by Crippen LogP contribution is -2.58. The first-order valence-corrected chi connectivity index (χ1v) is 7.83. The molecule has 0 heterocycles. The smallest absolute Gasteiger partial charge is 0.334 e. The fourth-order valence-corrected chi connectivity index (χ4v) is 5.42. The second-order valence-corrected chi connectivity index (χ2v) is 6.99. The summed E-state index contributed by atoms with van der Waals surface area (Å²) in [7, 11) is 0. The van der Waals surface area contributed by atoms with Crippen molar-refractivity contribution in [2.45, 2.75) is 16.6 Å². The highest BCUT2D eigenvalue weighted by molar-refractivity contribution is 9.12. The van der Waals surface area contributed by atoms with E-state index in [1.807, 2.05) is 6.92 Å². The Kier molecular flexibility index (Phi) is 2.98. The van der Waals surface area contributed by atoms with Crippen LogP contribution in [-0.4, -0.2) is 22.2 Å². The van der Waals surface area contributed by atoms with Crippen molar-refractivity contribution in [2.24, 2.45) is 23.7 Å². The summed E-state index contributed by atoms with van der Waals surface area (Å²) in [6, 6.07) is 0. The Balaban J connectivity index is 1.89. The van der Waals surface area contributed by atoms with Crippen molar-refractivity contribution in [3.05, 3.63) is 23.8 Å². The average Bonchev–Trinajstić information content (AvgIpc) is 2.37. The molecule has 0 radical (unpaired) electrons. The van der Waals surface area contributed by atoms with Gasteiger partial charge in [-0.05, 0) is 24.7 Å². The van der Waals surface area contributed by atoms with Gasteiger partial charge in [0.15, 0.2) is 0 Å². The van der Waals surface area contributed by atoms with E-state index in [1.54, 1.807) is 0 Å². The molecule has 0 N–H and O–H groups in total. The van der Waals surface area contributed by atoms with Crippen LogP contribution in [0.2, 0.25) is 0 Å². The van der Waals surface area contributed by atoms with Gasteiger partial charge in [0.2, 0.25) is 0 Å². The molecule has 4 aliphatic carbocycles. The van der Waals surface area contributed by atoms with Gasteiger partial charge in [-0.2, -0.15) is 0 Å². The van der Waals surface area contributed by atoms with E-state index >= 15 is 0 Å². The molecule has 4 heteroatoms. The van der Waals surface area contributed by atoms with E-state index in [-0.39, 0.29) is 11.9 Å². The number of halogens is 2. The van der Waals surface area contributed by atoms with Crippen molar-refractivity contribution < 1.29 is 9.53 Å². The van der Waals surface area contributed by atoms with E-state index in [2.05, 4.69) is 50.1 Å². The Morgan fingerprint density at radius 3 is 2.71 bits per heavy atom. The monoisotopic (exact) mass is 360 g/mol. The minimum absolute atomic E-state index is 0.136. The van der Waals surface area contributed by atoms with Crippen LogP contribution in [0.4, 0.5) is 0 Å². The third-order valence-corrected chi connectivity index (χ3v) is 7.20. The molecule has 0 aromatic heterocycles. The van der Waals surface area contributed by atoms with Crippen molar-refractivity contribution in [1.29, 1.82) is 0 Å². The Labute approximate surface area is 118 Å². The molecule has 0 aromatic rings. The summed E-state index contributed by atoms with van der Waals surface area (Å²) in [4.78, 5) is 12.9. The van der Waals surface area contributed by atoms with E-state index in [9.17, 15) is 4.79 Å². The molecule has 0 amide bonds. The van der Waals surface area contributed by atoms with Gasteiger partial charge in [0.1, 0.15) is 0 Å². The zero-order valence-corrected chi connectivity index (χ0v) is 12.6. The second kappa shape index (κ2) is 4.23. The van der Waals surface area contributed by atoms with E-state index in [1.165, 1.54) is 0 Å². The maximum absolute atomic E-state index is 11.9. The zero-order valence-electron chi connectivity index (χ0n) is 9.48. The summed E-state index contributed by atoms with van der Waals surface area (Å²) in [6.45, 7) is 2.30. The van der Waals surface area contributed by atoms with Crippen LogP contribution in [0.5, 0.6) is 0 Å². The van der Waals surface area contributed by atoms with Gasteiger partial charge in [-0.15, -0.1) is 0 Å². The zero-order chi connectivity index (χ0) is 12.2. The fourth-order valence-electron chi connectivity index (χ4n) is 3.33. The summed E-state index contributed by atoms with van der Waals surface area (Å²) in [5.74, 6) is 1.67. The number of alkyl halides is 2. The molecule has 4 rings (SSSR count). The molecule has 1 saturated carbocycles. The topological polar surface area (TPSA) is 26.3 Å². The van der Waals surface area contributed by atoms with E-state index in [0.717, 1.165) is 5.57 Å². The predicted octanol–water partition coefficient (Wildman–Crippen LogP) is 3.06. The molecule has 0 aliphatic heterocycles. The highest BCUT2D eigenvalue weighted by Crippen LogP contribution is 2.59. The number of carbonyl (C=O) groups excluding carboxylic acids is 1. The van der Waals surface area contributed by atoms with Gasteiger partial charge in [0.25, 0.3) is 0 Å². The molecule has 0 spiro atoms. The molecular weight excluding hydrogens is 348 g/mol. The number of esters is 1. The SMILES string of the molecule is CCOC(=O)C1=C[C@@H]2C=C[C@@H]1[C@H]1[C@@H](Br)[C@@H](Br)[C@H]21. The van der Waals surface area contributed by atoms with Gasteiger partial charge in [-0.3, -0.25) is 0 Å². The number of carbonyl (C=O) groups is 1. The largest absolute Gasteiger partial charge is 0.463 e. The molecule has 0 aromatic carbocycles. The van der Waals surface area contributed by atoms with Crippen LogP contribution in [-0.2, 0) is 9.53 Å². The number of ether oxygens (including phenoxy) is 1. The van der Waals surface area contributed by atoms with Crippen LogP contribution in [0, 0.1) is 23.7 Å². The lowest BCUT2D eigenvalue weighted by molar-refractivity contribution is -0.139. The summed E-state index contributed by atoms with van der Waals surface area (Å²) in [5.41, 5.74) is 0.865. The summed E-state index contributed by atoms with van der Waals surface area (Å²) in [6.07, 6.45) is 6.53.